The molecule has 1 amide bonds. The summed E-state index contributed by atoms with van der Waals surface area (Å²) in [6.45, 7) is 0.381. The van der Waals surface area contributed by atoms with Gasteiger partial charge in [0.25, 0.3) is 0 Å². The first-order chi connectivity index (χ1) is 13.4. The van der Waals surface area contributed by atoms with Crippen LogP contribution in [0.3, 0.4) is 0 Å². The molecular weight excluding hydrogens is 366 g/mol. The summed E-state index contributed by atoms with van der Waals surface area (Å²) in [5, 5.41) is 12.1. The molecule has 3 rings (SSSR count). The van der Waals surface area contributed by atoms with E-state index in [-0.39, 0.29) is 29.1 Å². The molecule has 1 aliphatic rings. The molecule has 7 heteroatoms. The van der Waals surface area contributed by atoms with Crippen molar-refractivity contribution in [1.29, 1.82) is 0 Å². The van der Waals surface area contributed by atoms with Crippen molar-refractivity contribution < 1.29 is 23.4 Å². The number of piperidine rings is 1. The van der Waals surface area contributed by atoms with Gasteiger partial charge in [-0.2, -0.15) is 8.78 Å². The molecule has 1 atom stereocenters. The number of alkyl halides is 2. The Morgan fingerprint density at radius 1 is 1.14 bits per heavy atom. The zero-order chi connectivity index (χ0) is 20.1. The van der Waals surface area contributed by atoms with Crippen molar-refractivity contribution >= 4 is 11.6 Å². The predicted molar refractivity (Wildman–Crippen MR) is 103 cm³/mol. The fourth-order valence-corrected chi connectivity index (χ4v) is 3.54. The van der Waals surface area contributed by atoms with Crippen LogP contribution in [0.5, 0.6) is 11.5 Å². The van der Waals surface area contributed by atoms with E-state index in [0.717, 1.165) is 25.9 Å². The largest absolute Gasteiger partial charge is 0.508 e. The Balaban J connectivity index is 1.57. The Labute approximate surface area is 162 Å². The van der Waals surface area contributed by atoms with Crippen molar-refractivity contribution in [2.45, 2.75) is 38.3 Å². The topological polar surface area (TPSA) is 61.8 Å². The number of carbonyl (C=O) groups is 1. The minimum Gasteiger partial charge on any atom is -0.508 e. The third kappa shape index (κ3) is 4.98. The van der Waals surface area contributed by atoms with Crippen LogP contribution in [0.1, 0.15) is 31.2 Å². The van der Waals surface area contributed by atoms with E-state index < -0.39 is 6.61 Å². The average molecular weight is 390 g/mol. The molecule has 2 aromatic carbocycles. The van der Waals surface area contributed by atoms with E-state index in [9.17, 15) is 18.7 Å². The lowest BCUT2D eigenvalue weighted by molar-refractivity contribution is -0.121. The van der Waals surface area contributed by atoms with Crippen LogP contribution in [-0.4, -0.2) is 41.7 Å². The Morgan fingerprint density at radius 2 is 1.79 bits per heavy atom. The number of nitrogens with one attached hydrogen (secondary N) is 1. The third-order valence-electron chi connectivity index (χ3n) is 5.18. The van der Waals surface area contributed by atoms with E-state index in [1.165, 1.54) is 11.6 Å². The number of phenolic OH excluding ortho intramolecular Hbond substituents is 1. The number of hydrogen-bond acceptors (Lipinski definition) is 4. The van der Waals surface area contributed by atoms with Crippen molar-refractivity contribution in [3.05, 3.63) is 54.1 Å². The smallest absolute Gasteiger partial charge is 0.387 e. The zero-order valence-corrected chi connectivity index (χ0v) is 15.6. The molecule has 150 valence electrons. The highest BCUT2D eigenvalue weighted by molar-refractivity contribution is 5.95. The molecule has 1 saturated heterocycles. The van der Waals surface area contributed by atoms with E-state index in [0.29, 0.717) is 5.92 Å². The highest BCUT2D eigenvalue weighted by Crippen LogP contribution is 2.30. The first-order valence-corrected chi connectivity index (χ1v) is 9.31. The minimum absolute atomic E-state index is 0.0518. The third-order valence-corrected chi connectivity index (χ3v) is 5.18. The second-order valence-electron chi connectivity index (χ2n) is 6.94. The van der Waals surface area contributed by atoms with Gasteiger partial charge in [0.1, 0.15) is 11.5 Å². The van der Waals surface area contributed by atoms with Gasteiger partial charge >= 0.3 is 6.61 Å². The Hall–Kier alpha value is -2.67. The molecule has 0 saturated carbocycles. The fourth-order valence-electron chi connectivity index (χ4n) is 3.54. The van der Waals surface area contributed by atoms with E-state index >= 15 is 0 Å². The number of rotatable bonds is 6. The van der Waals surface area contributed by atoms with Crippen LogP contribution < -0.4 is 10.1 Å². The summed E-state index contributed by atoms with van der Waals surface area (Å²) in [7, 11) is 0. The SMILES string of the molecule is C[C@@H](C(=O)Nc1ccccc1OC(F)F)N1CCC(c2ccc(O)cc2)CC1. The minimum atomic E-state index is -2.95. The van der Waals surface area contributed by atoms with Crippen LogP contribution in [0.4, 0.5) is 14.5 Å². The summed E-state index contributed by atoms with van der Waals surface area (Å²) in [6.07, 6.45) is 1.82. The van der Waals surface area contributed by atoms with Gasteiger partial charge in [0.05, 0.1) is 11.7 Å². The van der Waals surface area contributed by atoms with Gasteiger partial charge in [-0.15, -0.1) is 0 Å². The number of anilines is 1. The molecule has 0 spiro atoms. The maximum Gasteiger partial charge on any atom is 0.387 e. The maximum absolute atomic E-state index is 12.6. The standard InChI is InChI=1S/C21H24F2N2O3/c1-14(20(27)24-18-4-2-3-5-19(18)28-21(22)23)25-12-10-16(11-13-25)15-6-8-17(26)9-7-15/h2-9,14,16,21,26H,10-13H2,1H3,(H,24,27)/t14-/m0/s1. The average Bonchev–Trinajstić information content (AvgIpc) is 2.69. The van der Waals surface area contributed by atoms with Gasteiger partial charge in [0, 0.05) is 0 Å². The Kier molecular flexibility index (Phi) is 6.46. The van der Waals surface area contributed by atoms with Gasteiger partial charge in [-0.3, -0.25) is 9.69 Å². The second-order valence-corrected chi connectivity index (χ2v) is 6.94. The molecule has 0 aliphatic carbocycles. The Morgan fingerprint density at radius 3 is 2.43 bits per heavy atom. The lowest BCUT2D eigenvalue weighted by atomic mass is 9.89. The van der Waals surface area contributed by atoms with Crippen LogP contribution in [-0.2, 0) is 4.79 Å². The molecular formula is C21H24F2N2O3. The van der Waals surface area contributed by atoms with Gasteiger partial charge in [-0.05, 0) is 68.6 Å². The highest BCUT2D eigenvalue weighted by atomic mass is 19.3. The summed E-state index contributed by atoms with van der Waals surface area (Å²) in [5.41, 5.74) is 1.42. The van der Waals surface area contributed by atoms with E-state index in [1.807, 2.05) is 19.1 Å². The molecule has 5 nitrogen and oxygen atoms in total. The molecule has 28 heavy (non-hydrogen) atoms. The van der Waals surface area contributed by atoms with E-state index in [1.54, 1.807) is 30.3 Å². The van der Waals surface area contributed by atoms with Crippen molar-refractivity contribution in [3.8, 4) is 11.5 Å². The number of nitrogens with zero attached hydrogens (tertiary/aromatic N) is 1. The van der Waals surface area contributed by atoms with E-state index in [2.05, 4.69) is 15.0 Å². The summed E-state index contributed by atoms with van der Waals surface area (Å²) < 4.78 is 29.5. The van der Waals surface area contributed by atoms with Crippen molar-refractivity contribution in [2.75, 3.05) is 18.4 Å². The predicted octanol–water partition coefficient (Wildman–Crippen LogP) is 4.20. The number of carbonyl (C=O) groups excluding carboxylic acids is 1. The van der Waals surface area contributed by atoms with Crippen molar-refractivity contribution in [1.82, 2.24) is 4.90 Å². The monoisotopic (exact) mass is 390 g/mol. The van der Waals surface area contributed by atoms with Gasteiger partial charge in [-0.1, -0.05) is 24.3 Å². The molecule has 1 aliphatic heterocycles. The van der Waals surface area contributed by atoms with E-state index in [4.69, 9.17) is 0 Å². The van der Waals surface area contributed by atoms with Gasteiger partial charge in [0.15, 0.2) is 0 Å². The van der Waals surface area contributed by atoms with Crippen molar-refractivity contribution in [2.24, 2.45) is 0 Å². The molecule has 0 bridgehead atoms. The first-order valence-electron chi connectivity index (χ1n) is 9.31. The van der Waals surface area contributed by atoms with Crippen LogP contribution in [0.25, 0.3) is 0 Å². The number of benzene rings is 2. The van der Waals surface area contributed by atoms with Crippen molar-refractivity contribution in [3.63, 3.8) is 0 Å². The molecule has 2 N–H and O–H groups in total. The van der Waals surface area contributed by atoms with Gasteiger partial charge < -0.3 is 15.2 Å². The normalized spacial score (nSPS) is 16.7. The Bertz CT molecular complexity index is 790. The molecule has 1 fully saturated rings. The van der Waals surface area contributed by atoms with Crippen LogP contribution >= 0.6 is 0 Å². The number of amides is 1. The summed E-state index contributed by atoms with van der Waals surface area (Å²) in [4.78, 5) is 14.7. The number of phenols is 1. The quantitative estimate of drug-likeness (QED) is 0.776. The summed E-state index contributed by atoms with van der Waals surface area (Å²) in [5.74, 6) is 0.340. The molecule has 0 unspecified atom stereocenters. The van der Waals surface area contributed by atoms with Crippen LogP contribution in [0.15, 0.2) is 48.5 Å². The van der Waals surface area contributed by atoms with Crippen LogP contribution in [0.2, 0.25) is 0 Å². The molecule has 1 heterocycles. The van der Waals surface area contributed by atoms with Gasteiger partial charge in [0.2, 0.25) is 5.91 Å². The van der Waals surface area contributed by atoms with Gasteiger partial charge in [-0.25, -0.2) is 0 Å². The number of likely N-dealkylation sites (tertiary alicyclic amines) is 1. The maximum atomic E-state index is 12.6. The molecule has 2 aromatic rings. The molecule has 0 radical (unpaired) electrons. The first kappa shape index (κ1) is 20.1. The summed E-state index contributed by atoms with van der Waals surface area (Å²) >= 11 is 0. The number of aromatic hydroxyl groups is 1. The number of para-hydroxylation sites is 2. The zero-order valence-electron chi connectivity index (χ0n) is 15.6. The number of halogens is 2. The van der Waals surface area contributed by atoms with Crippen LogP contribution in [0, 0.1) is 0 Å². The fraction of sp³-hybridized carbons (Fsp3) is 0.381. The summed E-state index contributed by atoms with van der Waals surface area (Å²) in [6, 6.07) is 13.0. The molecule has 0 aromatic heterocycles. The number of hydrogen-bond donors (Lipinski definition) is 2. The highest BCUT2D eigenvalue weighted by Gasteiger charge is 2.27. The second kappa shape index (κ2) is 9.01. The lowest BCUT2D eigenvalue weighted by Crippen LogP contribution is -2.45. The number of ether oxygens (including phenoxy) is 1. The lowest BCUT2D eigenvalue weighted by Gasteiger charge is -2.35.